The molecule has 2 aromatic carbocycles. The number of nitrogens with zero attached hydrogens (tertiary/aromatic N) is 1. The van der Waals surface area contributed by atoms with Gasteiger partial charge in [0.25, 0.3) is 5.91 Å². The molecule has 1 saturated heterocycles. The zero-order valence-corrected chi connectivity index (χ0v) is 17.5. The molecule has 2 aromatic rings. The summed E-state index contributed by atoms with van der Waals surface area (Å²) in [7, 11) is 0. The molecule has 3 rings (SSSR count). The number of benzene rings is 2. The van der Waals surface area contributed by atoms with Crippen molar-refractivity contribution in [3.8, 4) is 0 Å². The van der Waals surface area contributed by atoms with Crippen LogP contribution < -0.4 is 10.2 Å². The second-order valence-corrected chi connectivity index (χ2v) is 7.80. The minimum atomic E-state index is -0.615. The summed E-state index contributed by atoms with van der Waals surface area (Å²) in [6.45, 7) is 3.72. The molecule has 1 atom stereocenters. The van der Waals surface area contributed by atoms with Gasteiger partial charge in [0.1, 0.15) is 0 Å². The number of ether oxygens (including phenoxy) is 1. The van der Waals surface area contributed by atoms with Crippen molar-refractivity contribution in [1.82, 2.24) is 0 Å². The number of nitrogens with one attached hydrogen (secondary N) is 1. The first-order chi connectivity index (χ1) is 13.7. The highest BCUT2D eigenvalue weighted by Gasteiger charge is 2.36. The Balaban J connectivity index is 1.55. The van der Waals surface area contributed by atoms with Crippen LogP contribution in [0, 0.1) is 19.8 Å². The van der Waals surface area contributed by atoms with Gasteiger partial charge >= 0.3 is 5.97 Å². The Labute approximate surface area is 178 Å². The van der Waals surface area contributed by atoms with E-state index in [4.69, 9.17) is 27.9 Å². The van der Waals surface area contributed by atoms with Gasteiger partial charge in [-0.05, 0) is 55.3 Å². The molecule has 29 heavy (non-hydrogen) atoms. The molecule has 1 N–H and O–H groups in total. The zero-order valence-electron chi connectivity index (χ0n) is 16.0. The molecule has 0 saturated carbocycles. The first-order valence-electron chi connectivity index (χ1n) is 9.03. The quantitative estimate of drug-likeness (QED) is 0.717. The molecule has 0 bridgehead atoms. The summed E-state index contributed by atoms with van der Waals surface area (Å²) >= 11 is 11.8. The standard InChI is InChI=1S/C21H20Cl2N2O4/c1-12-3-5-16(7-13(12)2)25-10-14(8-20(25)27)21(28)29-11-19(26)24-18-6-4-15(22)9-17(18)23/h3-7,9,14H,8,10-11H2,1-2H3,(H,24,26)/t14-/m1/s1. The number of rotatable bonds is 5. The predicted molar refractivity (Wildman–Crippen MR) is 112 cm³/mol. The lowest BCUT2D eigenvalue weighted by Gasteiger charge is -2.17. The molecular formula is C21H20Cl2N2O4. The van der Waals surface area contributed by atoms with Crippen LogP contribution in [0.5, 0.6) is 0 Å². The topological polar surface area (TPSA) is 75.7 Å². The Morgan fingerprint density at radius 2 is 1.90 bits per heavy atom. The highest BCUT2D eigenvalue weighted by atomic mass is 35.5. The van der Waals surface area contributed by atoms with Crippen LogP contribution in [-0.4, -0.2) is 30.9 Å². The van der Waals surface area contributed by atoms with Crippen LogP contribution in [0.3, 0.4) is 0 Å². The average Bonchev–Trinajstić information content (AvgIpc) is 3.06. The predicted octanol–water partition coefficient (Wildman–Crippen LogP) is 4.15. The van der Waals surface area contributed by atoms with E-state index in [9.17, 15) is 14.4 Å². The van der Waals surface area contributed by atoms with Crippen molar-refractivity contribution in [2.24, 2.45) is 5.92 Å². The lowest BCUT2D eigenvalue weighted by atomic mass is 10.1. The maximum atomic E-state index is 12.3. The molecule has 6 nitrogen and oxygen atoms in total. The molecule has 0 aliphatic carbocycles. The SMILES string of the molecule is Cc1ccc(N2C[C@H](C(=O)OCC(=O)Nc3ccc(Cl)cc3Cl)CC2=O)cc1C. The van der Waals surface area contributed by atoms with Gasteiger partial charge in [-0.2, -0.15) is 0 Å². The van der Waals surface area contributed by atoms with Gasteiger partial charge in [0.2, 0.25) is 5.91 Å². The fourth-order valence-electron chi connectivity index (χ4n) is 3.04. The molecule has 152 valence electrons. The summed E-state index contributed by atoms with van der Waals surface area (Å²) in [6.07, 6.45) is 0.0520. The number of carbonyl (C=O) groups is 3. The normalized spacial score (nSPS) is 16.1. The lowest BCUT2D eigenvalue weighted by molar-refractivity contribution is -0.151. The van der Waals surface area contributed by atoms with Gasteiger partial charge in [0.05, 0.1) is 16.6 Å². The summed E-state index contributed by atoms with van der Waals surface area (Å²) in [4.78, 5) is 38.3. The van der Waals surface area contributed by atoms with Gasteiger partial charge in [0.15, 0.2) is 6.61 Å². The second kappa shape index (κ2) is 8.84. The summed E-state index contributed by atoms with van der Waals surface area (Å²) in [5.41, 5.74) is 3.32. The largest absolute Gasteiger partial charge is 0.455 e. The van der Waals surface area contributed by atoms with E-state index in [0.717, 1.165) is 16.8 Å². The maximum absolute atomic E-state index is 12.3. The van der Waals surface area contributed by atoms with Crippen LogP contribution in [-0.2, 0) is 19.1 Å². The number of anilines is 2. The van der Waals surface area contributed by atoms with Crippen molar-refractivity contribution in [2.45, 2.75) is 20.3 Å². The summed E-state index contributed by atoms with van der Waals surface area (Å²) in [5, 5.41) is 3.28. The first-order valence-corrected chi connectivity index (χ1v) is 9.79. The fourth-order valence-corrected chi connectivity index (χ4v) is 3.50. The molecule has 1 aliphatic rings. The van der Waals surface area contributed by atoms with Crippen molar-refractivity contribution in [1.29, 1.82) is 0 Å². The Bertz CT molecular complexity index is 977. The summed E-state index contributed by atoms with van der Waals surface area (Å²) in [6, 6.07) is 10.4. The lowest BCUT2D eigenvalue weighted by Crippen LogP contribution is -2.28. The Kier molecular flexibility index (Phi) is 6.45. The fraction of sp³-hybridized carbons (Fsp3) is 0.286. The number of halogens is 2. The van der Waals surface area contributed by atoms with Gasteiger partial charge in [-0.1, -0.05) is 29.3 Å². The number of hydrogen-bond donors (Lipinski definition) is 1. The van der Waals surface area contributed by atoms with Crippen LogP contribution in [0.25, 0.3) is 0 Å². The molecule has 0 spiro atoms. The number of hydrogen-bond acceptors (Lipinski definition) is 4. The van der Waals surface area contributed by atoms with Gasteiger partial charge in [0, 0.05) is 23.7 Å². The van der Waals surface area contributed by atoms with Crippen molar-refractivity contribution >= 4 is 52.4 Å². The number of amides is 2. The minimum Gasteiger partial charge on any atom is -0.455 e. The van der Waals surface area contributed by atoms with E-state index in [2.05, 4.69) is 5.32 Å². The van der Waals surface area contributed by atoms with Crippen LogP contribution in [0.4, 0.5) is 11.4 Å². The van der Waals surface area contributed by atoms with Crippen molar-refractivity contribution < 1.29 is 19.1 Å². The first kappa shape index (κ1) is 21.1. The van der Waals surface area contributed by atoms with E-state index in [1.54, 1.807) is 17.0 Å². The van der Waals surface area contributed by atoms with Gasteiger partial charge in [-0.3, -0.25) is 14.4 Å². The Morgan fingerprint density at radius 3 is 2.59 bits per heavy atom. The number of aryl methyl sites for hydroxylation is 2. The highest BCUT2D eigenvalue weighted by Crippen LogP contribution is 2.28. The van der Waals surface area contributed by atoms with E-state index in [1.807, 2.05) is 32.0 Å². The molecule has 2 amide bonds. The van der Waals surface area contributed by atoms with Crippen molar-refractivity contribution in [3.05, 3.63) is 57.6 Å². The second-order valence-electron chi connectivity index (χ2n) is 6.95. The van der Waals surface area contributed by atoms with Crippen LogP contribution >= 0.6 is 23.2 Å². The highest BCUT2D eigenvalue weighted by molar-refractivity contribution is 6.36. The third-order valence-corrected chi connectivity index (χ3v) is 5.36. The molecule has 0 radical (unpaired) electrons. The van der Waals surface area contributed by atoms with Crippen LogP contribution in [0.15, 0.2) is 36.4 Å². The van der Waals surface area contributed by atoms with E-state index >= 15 is 0 Å². The Hall–Kier alpha value is -2.57. The monoisotopic (exact) mass is 434 g/mol. The van der Waals surface area contributed by atoms with Crippen molar-refractivity contribution in [3.63, 3.8) is 0 Å². The molecule has 8 heteroatoms. The van der Waals surface area contributed by atoms with Gasteiger partial charge in [-0.25, -0.2) is 0 Å². The molecule has 1 fully saturated rings. The maximum Gasteiger partial charge on any atom is 0.311 e. The Morgan fingerprint density at radius 1 is 1.14 bits per heavy atom. The molecule has 1 aliphatic heterocycles. The van der Waals surface area contributed by atoms with E-state index in [1.165, 1.54) is 6.07 Å². The minimum absolute atomic E-state index is 0.0520. The summed E-state index contributed by atoms with van der Waals surface area (Å²) in [5.74, 6) is -1.87. The van der Waals surface area contributed by atoms with Crippen molar-refractivity contribution in [2.75, 3.05) is 23.4 Å². The average molecular weight is 435 g/mol. The van der Waals surface area contributed by atoms with Gasteiger partial charge < -0.3 is 15.0 Å². The number of esters is 1. The van der Waals surface area contributed by atoms with Gasteiger partial charge in [-0.15, -0.1) is 0 Å². The zero-order chi connectivity index (χ0) is 21.1. The van der Waals surface area contributed by atoms with E-state index < -0.39 is 24.4 Å². The molecule has 0 unspecified atom stereocenters. The van der Waals surface area contributed by atoms with Crippen LogP contribution in [0.1, 0.15) is 17.5 Å². The van der Waals surface area contributed by atoms with E-state index in [0.29, 0.717) is 10.7 Å². The molecule has 1 heterocycles. The molecule has 0 aromatic heterocycles. The third kappa shape index (κ3) is 5.08. The van der Waals surface area contributed by atoms with Crippen LogP contribution in [0.2, 0.25) is 10.0 Å². The number of carbonyl (C=O) groups excluding carboxylic acids is 3. The molecular weight excluding hydrogens is 415 g/mol. The smallest absolute Gasteiger partial charge is 0.311 e. The third-order valence-electron chi connectivity index (χ3n) is 4.81. The van der Waals surface area contributed by atoms with E-state index in [-0.39, 0.29) is 23.9 Å². The summed E-state index contributed by atoms with van der Waals surface area (Å²) < 4.78 is 5.10.